The van der Waals surface area contributed by atoms with E-state index in [0.29, 0.717) is 11.1 Å². The molecule has 0 N–H and O–H groups in total. The molecule has 2 aromatic rings. The summed E-state index contributed by atoms with van der Waals surface area (Å²) in [5, 5.41) is 10.9. The molecular formula is C13H9FN2O4. The van der Waals surface area contributed by atoms with E-state index in [1.807, 2.05) is 0 Å². The first-order valence-corrected chi connectivity index (χ1v) is 5.50. The first-order chi connectivity index (χ1) is 9.51. The van der Waals surface area contributed by atoms with Crippen molar-refractivity contribution in [1.82, 2.24) is 4.98 Å². The standard InChI is InChI=1S/C13H9FN2O4/c1-20-13(17)9-2-8(4-12(5-9)16(18)19)10-3-11(14)7-15-6-10/h2-7H,1H3. The maximum absolute atomic E-state index is 13.1. The number of nitro groups is 1. The molecule has 0 aliphatic heterocycles. The van der Waals surface area contributed by atoms with Crippen LogP contribution in [0.4, 0.5) is 10.1 Å². The van der Waals surface area contributed by atoms with Crippen LogP contribution >= 0.6 is 0 Å². The number of nitro benzene ring substituents is 1. The molecule has 1 aromatic heterocycles. The van der Waals surface area contributed by atoms with Crippen molar-refractivity contribution < 1.29 is 18.8 Å². The number of halogens is 1. The molecule has 0 unspecified atom stereocenters. The summed E-state index contributed by atoms with van der Waals surface area (Å²) in [5.74, 6) is -1.28. The SMILES string of the molecule is COC(=O)c1cc(-c2cncc(F)c2)cc([N+](=O)[O-])c1. The van der Waals surface area contributed by atoms with Gasteiger partial charge >= 0.3 is 5.97 Å². The van der Waals surface area contributed by atoms with Gasteiger partial charge in [0.15, 0.2) is 0 Å². The Balaban J connectivity index is 2.60. The molecule has 6 nitrogen and oxygen atoms in total. The highest BCUT2D eigenvalue weighted by molar-refractivity contribution is 5.92. The maximum Gasteiger partial charge on any atom is 0.338 e. The summed E-state index contributed by atoms with van der Waals surface area (Å²) in [4.78, 5) is 25.4. The molecule has 0 radical (unpaired) electrons. The van der Waals surface area contributed by atoms with Crippen molar-refractivity contribution in [1.29, 1.82) is 0 Å². The number of carbonyl (C=O) groups excluding carboxylic acids is 1. The number of benzene rings is 1. The van der Waals surface area contributed by atoms with Crippen LogP contribution in [0.5, 0.6) is 0 Å². The Morgan fingerprint density at radius 1 is 1.25 bits per heavy atom. The molecule has 0 aliphatic carbocycles. The normalized spacial score (nSPS) is 10.1. The van der Waals surface area contributed by atoms with Gasteiger partial charge in [-0.05, 0) is 17.7 Å². The lowest BCUT2D eigenvalue weighted by Crippen LogP contribution is -2.03. The van der Waals surface area contributed by atoms with Crippen molar-refractivity contribution in [2.45, 2.75) is 0 Å². The van der Waals surface area contributed by atoms with Crippen LogP contribution in [0.15, 0.2) is 36.7 Å². The number of non-ortho nitro benzene ring substituents is 1. The number of hydrogen-bond acceptors (Lipinski definition) is 5. The lowest BCUT2D eigenvalue weighted by molar-refractivity contribution is -0.384. The Labute approximate surface area is 113 Å². The van der Waals surface area contributed by atoms with Gasteiger partial charge in [0.05, 0.1) is 23.8 Å². The van der Waals surface area contributed by atoms with Crippen LogP contribution < -0.4 is 0 Å². The summed E-state index contributed by atoms with van der Waals surface area (Å²) >= 11 is 0. The van der Waals surface area contributed by atoms with Crippen molar-refractivity contribution in [3.05, 3.63) is 58.2 Å². The predicted octanol–water partition coefficient (Wildman–Crippen LogP) is 2.58. The van der Waals surface area contributed by atoms with Crippen molar-refractivity contribution in [2.75, 3.05) is 7.11 Å². The fraction of sp³-hybridized carbons (Fsp3) is 0.0769. The molecule has 0 fully saturated rings. The van der Waals surface area contributed by atoms with Gasteiger partial charge in [0.25, 0.3) is 5.69 Å². The molecule has 102 valence electrons. The van der Waals surface area contributed by atoms with Gasteiger partial charge in [-0.2, -0.15) is 0 Å². The van der Waals surface area contributed by atoms with E-state index >= 15 is 0 Å². The third kappa shape index (κ3) is 2.77. The Morgan fingerprint density at radius 3 is 2.60 bits per heavy atom. The van der Waals surface area contributed by atoms with Gasteiger partial charge in [-0.1, -0.05) is 0 Å². The first kappa shape index (κ1) is 13.6. The highest BCUT2D eigenvalue weighted by Crippen LogP contribution is 2.26. The van der Waals surface area contributed by atoms with E-state index in [4.69, 9.17) is 0 Å². The lowest BCUT2D eigenvalue weighted by Gasteiger charge is -2.05. The molecule has 7 heteroatoms. The van der Waals surface area contributed by atoms with E-state index in [1.165, 1.54) is 31.5 Å². The summed E-state index contributed by atoms with van der Waals surface area (Å²) in [6.45, 7) is 0. The molecule has 1 aromatic carbocycles. The fourth-order valence-corrected chi connectivity index (χ4v) is 1.69. The largest absolute Gasteiger partial charge is 0.465 e. The van der Waals surface area contributed by atoms with Crippen molar-refractivity contribution >= 4 is 11.7 Å². The van der Waals surface area contributed by atoms with E-state index in [9.17, 15) is 19.3 Å². The van der Waals surface area contributed by atoms with Crippen molar-refractivity contribution in [3.8, 4) is 11.1 Å². The van der Waals surface area contributed by atoms with Crippen molar-refractivity contribution in [2.24, 2.45) is 0 Å². The van der Waals surface area contributed by atoms with Crippen LogP contribution in [0.1, 0.15) is 10.4 Å². The summed E-state index contributed by atoms with van der Waals surface area (Å²) < 4.78 is 17.7. The lowest BCUT2D eigenvalue weighted by atomic mass is 10.0. The number of hydrogen-bond donors (Lipinski definition) is 0. The maximum atomic E-state index is 13.1. The Bertz CT molecular complexity index is 688. The molecule has 0 spiro atoms. The number of esters is 1. The first-order valence-electron chi connectivity index (χ1n) is 5.50. The third-order valence-corrected chi connectivity index (χ3v) is 2.59. The Kier molecular flexibility index (Phi) is 3.69. The van der Waals surface area contributed by atoms with E-state index in [2.05, 4.69) is 9.72 Å². The second-order valence-electron chi connectivity index (χ2n) is 3.91. The van der Waals surface area contributed by atoms with E-state index in [1.54, 1.807) is 0 Å². The summed E-state index contributed by atoms with van der Waals surface area (Å²) in [6, 6.07) is 4.90. The van der Waals surface area contributed by atoms with E-state index < -0.39 is 16.7 Å². The zero-order chi connectivity index (χ0) is 14.7. The Hall–Kier alpha value is -2.83. The smallest absolute Gasteiger partial charge is 0.338 e. The average Bonchev–Trinajstić information content (AvgIpc) is 2.45. The number of nitrogens with zero attached hydrogens (tertiary/aromatic N) is 2. The number of pyridine rings is 1. The van der Waals surface area contributed by atoms with Crippen LogP contribution in [0.3, 0.4) is 0 Å². The molecular weight excluding hydrogens is 267 g/mol. The molecule has 1 heterocycles. The summed E-state index contributed by atoms with van der Waals surface area (Å²) in [7, 11) is 1.17. The summed E-state index contributed by atoms with van der Waals surface area (Å²) in [5.41, 5.74) is 0.374. The fourth-order valence-electron chi connectivity index (χ4n) is 1.69. The van der Waals surface area contributed by atoms with Gasteiger partial charge in [-0.3, -0.25) is 15.1 Å². The number of methoxy groups -OCH3 is 1. The zero-order valence-corrected chi connectivity index (χ0v) is 10.4. The number of rotatable bonds is 3. The number of ether oxygens (including phenoxy) is 1. The second kappa shape index (κ2) is 5.43. The third-order valence-electron chi connectivity index (χ3n) is 2.59. The molecule has 0 atom stereocenters. The van der Waals surface area contributed by atoms with Gasteiger partial charge in [0, 0.05) is 23.9 Å². The minimum absolute atomic E-state index is 0.0148. The minimum atomic E-state index is -0.709. The minimum Gasteiger partial charge on any atom is -0.465 e. The molecule has 0 saturated heterocycles. The van der Waals surface area contributed by atoms with Gasteiger partial charge in [0.2, 0.25) is 0 Å². The predicted molar refractivity (Wildman–Crippen MR) is 67.6 cm³/mol. The van der Waals surface area contributed by atoms with E-state index in [-0.39, 0.29) is 11.3 Å². The molecule has 20 heavy (non-hydrogen) atoms. The Morgan fingerprint density at radius 2 is 2.00 bits per heavy atom. The zero-order valence-electron chi connectivity index (χ0n) is 10.4. The van der Waals surface area contributed by atoms with Crippen LogP contribution in [0.25, 0.3) is 11.1 Å². The van der Waals surface area contributed by atoms with Gasteiger partial charge in [-0.25, -0.2) is 9.18 Å². The van der Waals surface area contributed by atoms with Gasteiger partial charge in [-0.15, -0.1) is 0 Å². The number of carbonyl (C=O) groups is 1. The topological polar surface area (TPSA) is 82.3 Å². The van der Waals surface area contributed by atoms with Crippen LogP contribution in [-0.2, 0) is 4.74 Å². The van der Waals surface area contributed by atoms with Crippen LogP contribution in [-0.4, -0.2) is 23.0 Å². The molecule has 2 rings (SSSR count). The highest BCUT2D eigenvalue weighted by Gasteiger charge is 2.16. The van der Waals surface area contributed by atoms with Crippen LogP contribution in [0.2, 0.25) is 0 Å². The summed E-state index contributed by atoms with van der Waals surface area (Å²) in [6.07, 6.45) is 2.37. The molecule has 0 bridgehead atoms. The average molecular weight is 276 g/mol. The van der Waals surface area contributed by atoms with E-state index in [0.717, 1.165) is 12.3 Å². The monoisotopic (exact) mass is 276 g/mol. The highest BCUT2D eigenvalue weighted by atomic mass is 19.1. The quantitative estimate of drug-likeness (QED) is 0.489. The van der Waals surface area contributed by atoms with Gasteiger partial charge < -0.3 is 4.74 Å². The molecule has 0 aliphatic rings. The molecule has 0 saturated carbocycles. The number of aromatic nitrogens is 1. The van der Waals surface area contributed by atoms with Crippen LogP contribution in [0, 0.1) is 15.9 Å². The second-order valence-corrected chi connectivity index (χ2v) is 3.91. The van der Waals surface area contributed by atoms with Gasteiger partial charge in [0.1, 0.15) is 5.82 Å². The van der Waals surface area contributed by atoms with Crippen molar-refractivity contribution in [3.63, 3.8) is 0 Å². The molecule has 0 amide bonds.